The summed E-state index contributed by atoms with van der Waals surface area (Å²) in [5.74, 6) is 0. The topological polar surface area (TPSA) is 12.4 Å². The first-order valence-electron chi connectivity index (χ1n) is 5.49. The Morgan fingerprint density at radius 1 is 1.07 bits per heavy atom. The average molecular weight is 203 g/mol. The third-order valence-electron chi connectivity index (χ3n) is 1.69. The second kappa shape index (κ2) is 9.20. The van der Waals surface area contributed by atoms with Gasteiger partial charge in [-0.05, 0) is 19.4 Å². The maximum atomic E-state index is 4.18. The van der Waals surface area contributed by atoms with E-state index in [9.17, 15) is 0 Å². The quantitative estimate of drug-likeness (QED) is 0.551. The van der Waals surface area contributed by atoms with Gasteiger partial charge in [-0.1, -0.05) is 49.8 Å². The fourth-order valence-electron chi connectivity index (χ4n) is 1.10. The van der Waals surface area contributed by atoms with Crippen LogP contribution in [0.15, 0.2) is 52.7 Å². The van der Waals surface area contributed by atoms with E-state index in [1.54, 1.807) is 0 Å². The Morgan fingerprint density at radius 2 is 1.80 bits per heavy atom. The molecule has 0 amide bonds. The molecule has 0 saturated heterocycles. The molecule has 0 aromatic rings. The van der Waals surface area contributed by atoms with Crippen LogP contribution in [0.3, 0.4) is 0 Å². The summed E-state index contributed by atoms with van der Waals surface area (Å²) in [7, 11) is 0. The molecule has 1 heteroatoms. The maximum absolute atomic E-state index is 4.18. The van der Waals surface area contributed by atoms with Crippen LogP contribution in [0, 0.1) is 0 Å². The molecule has 0 aliphatic carbocycles. The summed E-state index contributed by atoms with van der Waals surface area (Å²) in [6.07, 6.45) is 15.1. The molecule has 1 aliphatic rings. The van der Waals surface area contributed by atoms with Crippen molar-refractivity contribution < 1.29 is 0 Å². The Labute approximate surface area is 93.6 Å². The molecular formula is C14H21N. The first-order valence-corrected chi connectivity index (χ1v) is 5.49. The summed E-state index contributed by atoms with van der Waals surface area (Å²) in [5, 5.41) is 0. The van der Waals surface area contributed by atoms with Crippen molar-refractivity contribution in [3.05, 3.63) is 47.7 Å². The fourth-order valence-corrected chi connectivity index (χ4v) is 1.10. The Bertz CT molecular complexity index is 301. The number of aliphatic imine (C=N–C) groups is 1. The zero-order valence-corrected chi connectivity index (χ0v) is 10.2. The van der Waals surface area contributed by atoms with Gasteiger partial charge in [-0.3, -0.25) is 4.99 Å². The lowest BCUT2D eigenvalue weighted by atomic mass is 10.2. The van der Waals surface area contributed by atoms with Crippen molar-refractivity contribution in [1.82, 2.24) is 0 Å². The monoisotopic (exact) mass is 203 g/mol. The molecule has 0 spiro atoms. The summed E-state index contributed by atoms with van der Waals surface area (Å²) in [5.41, 5.74) is 2.43. The van der Waals surface area contributed by atoms with Gasteiger partial charge in [-0.25, -0.2) is 0 Å². The largest absolute Gasteiger partial charge is 0.268 e. The molecule has 0 fully saturated rings. The van der Waals surface area contributed by atoms with E-state index < -0.39 is 0 Å². The van der Waals surface area contributed by atoms with Crippen LogP contribution in [-0.4, -0.2) is 6.21 Å². The molecule has 0 unspecified atom stereocenters. The first kappa shape index (κ1) is 13.6. The van der Waals surface area contributed by atoms with Gasteiger partial charge in [0.05, 0.1) is 0 Å². The highest BCUT2D eigenvalue weighted by atomic mass is 14.7. The van der Waals surface area contributed by atoms with Crippen LogP contribution in [0.25, 0.3) is 0 Å². The van der Waals surface area contributed by atoms with Crippen LogP contribution in [0.2, 0.25) is 0 Å². The van der Waals surface area contributed by atoms with Crippen molar-refractivity contribution in [3.63, 3.8) is 0 Å². The van der Waals surface area contributed by atoms with E-state index in [0.717, 1.165) is 6.42 Å². The Morgan fingerprint density at radius 3 is 2.53 bits per heavy atom. The molecule has 15 heavy (non-hydrogen) atoms. The fraction of sp³-hybridized carbons (Fsp3) is 0.357. The second-order valence-corrected chi connectivity index (χ2v) is 3.12. The van der Waals surface area contributed by atoms with Crippen LogP contribution >= 0.6 is 0 Å². The zero-order valence-electron chi connectivity index (χ0n) is 10.2. The molecule has 0 atom stereocenters. The molecule has 82 valence electrons. The SMILES string of the molecule is CC.CC1=C/N=CC/C=C/C=C\C(C)=C\1. The van der Waals surface area contributed by atoms with E-state index in [1.807, 2.05) is 32.3 Å². The predicted molar refractivity (Wildman–Crippen MR) is 70.3 cm³/mol. The van der Waals surface area contributed by atoms with Crippen molar-refractivity contribution in [1.29, 1.82) is 0 Å². The van der Waals surface area contributed by atoms with Crippen LogP contribution < -0.4 is 0 Å². The van der Waals surface area contributed by atoms with Gasteiger partial charge in [-0.2, -0.15) is 0 Å². The second-order valence-electron chi connectivity index (χ2n) is 3.12. The average Bonchev–Trinajstić information content (AvgIpc) is 2.27. The highest BCUT2D eigenvalue weighted by Gasteiger charge is 1.84. The molecule has 1 rings (SSSR count). The molecule has 0 bridgehead atoms. The molecule has 1 aliphatic heterocycles. The van der Waals surface area contributed by atoms with Crippen LogP contribution in [0.5, 0.6) is 0 Å². The number of allylic oxidation sites excluding steroid dienone is 7. The van der Waals surface area contributed by atoms with E-state index in [0.29, 0.717) is 0 Å². The minimum absolute atomic E-state index is 0.896. The van der Waals surface area contributed by atoms with Gasteiger partial charge in [0.25, 0.3) is 0 Å². The van der Waals surface area contributed by atoms with Gasteiger partial charge in [0.15, 0.2) is 0 Å². The van der Waals surface area contributed by atoms with E-state index in [2.05, 4.69) is 43.1 Å². The van der Waals surface area contributed by atoms with Gasteiger partial charge < -0.3 is 0 Å². The summed E-state index contributed by atoms with van der Waals surface area (Å²) in [6.45, 7) is 8.14. The highest BCUT2D eigenvalue weighted by Crippen LogP contribution is 2.04. The van der Waals surface area contributed by atoms with Gasteiger partial charge >= 0.3 is 0 Å². The standard InChI is InChI=1S/C12H15N.C2H6/c1-11-7-5-3-4-6-8-13-10-12(2)9-11;1-2/h3-5,7-10H,6H2,1-2H3;1-2H3/b4-3+,7-5-,11-9+,12-10-,13-8?;. The lowest BCUT2D eigenvalue weighted by Crippen LogP contribution is -1.72. The predicted octanol–water partition coefficient (Wildman–Crippen LogP) is 4.45. The van der Waals surface area contributed by atoms with Gasteiger partial charge in [0.1, 0.15) is 0 Å². The van der Waals surface area contributed by atoms with Crippen molar-refractivity contribution in [3.8, 4) is 0 Å². The summed E-state index contributed by atoms with van der Waals surface area (Å²) < 4.78 is 0. The van der Waals surface area contributed by atoms with Gasteiger partial charge in [0, 0.05) is 18.8 Å². The van der Waals surface area contributed by atoms with E-state index in [4.69, 9.17) is 0 Å². The molecule has 0 radical (unpaired) electrons. The highest BCUT2D eigenvalue weighted by molar-refractivity contribution is 5.60. The van der Waals surface area contributed by atoms with E-state index in [-0.39, 0.29) is 0 Å². The van der Waals surface area contributed by atoms with Crippen molar-refractivity contribution in [2.75, 3.05) is 0 Å². The molecule has 0 aromatic carbocycles. The number of hydrogen-bond acceptors (Lipinski definition) is 1. The normalized spacial score (nSPS) is 26.9. The lowest BCUT2D eigenvalue weighted by Gasteiger charge is -1.91. The molecular weight excluding hydrogens is 182 g/mol. The Balaban J connectivity index is 0.000000921. The lowest BCUT2D eigenvalue weighted by molar-refractivity contribution is 1.38. The summed E-state index contributed by atoms with van der Waals surface area (Å²) >= 11 is 0. The van der Waals surface area contributed by atoms with Gasteiger partial charge in [-0.15, -0.1) is 0 Å². The number of rotatable bonds is 0. The van der Waals surface area contributed by atoms with Crippen LogP contribution in [0.4, 0.5) is 0 Å². The van der Waals surface area contributed by atoms with Crippen molar-refractivity contribution in [2.24, 2.45) is 4.99 Å². The Hall–Kier alpha value is -1.37. The third kappa shape index (κ3) is 7.68. The van der Waals surface area contributed by atoms with E-state index >= 15 is 0 Å². The minimum Gasteiger partial charge on any atom is -0.268 e. The smallest absolute Gasteiger partial charge is 0.0293 e. The zero-order chi connectivity index (χ0) is 11.5. The molecule has 0 aromatic heterocycles. The van der Waals surface area contributed by atoms with Crippen molar-refractivity contribution >= 4 is 6.21 Å². The van der Waals surface area contributed by atoms with Crippen LogP contribution in [-0.2, 0) is 0 Å². The number of nitrogens with zero attached hydrogens (tertiary/aromatic N) is 1. The molecule has 1 heterocycles. The van der Waals surface area contributed by atoms with Crippen molar-refractivity contribution in [2.45, 2.75) is 34.1 Å². The third-order valence-corrected chi connectivity index (χ3v) is 1.69. The van der Waals surface area contributed by atoms with Gasteiger partial charge in [0.2, 0.25) is 0 Å². The minimum atomic E-state index is 0.896. The first-order chi connectivity index (χ1) is 7.29. The number of hydrogen-bond donors (Lipinski definition) is 0. The summed E-state index contributed by atoms with van der Waals surface area (Å²) in [6, 6.07) is 0. The molecule has 0 N–H and O–H groups in total. The summed E-state index contributed by atoms with van der Waals surface area (Å²) in [4.78, 5) is 4.18. The molecule has 0 saturated carbocycles. The Kier molecular flexibility index (Phi) is 8.36. The van der Waals surface area contributed by atoms with E-state index in [1.165, 1.54) is 11.1 Å². The van der Waals surface area contributed by atoms with Crippen LogP contribution in [0.1, 0.15) is 34.1 Å². The maximum Gasteiger partial charge on any atom is 0.0293 e. The molecule has 1 nitrogen and oxygen atoms in total.